The lowest BCUT2D eigenvalue weighted by molar-refractivity contribution is -0.116. The topological polar surface area (TPSA) is 52.4 Å². The van der Waals surface area contributed by atoms with Gasteiger partial charge in [-0.25, -0.2) is 4.98 Å². The highest BCUT2D eigenvalue weighted by Crippen LogP contribution is 2.31. The molecule has 1 atom stereocenters. The Hall–Kier alpha value is -1.94. The van der Waals surface area contributed by atoms with Crippen LogP contribution in [-0.4, -0.2) is 48.3 Å². The van der Waals surface area contributed by atoms with Crippen molar-refractivity contribution in [1.82, 2.24) is 9.88 Å². The van der Waals surface area contributed by atoms with E-state index in [1.54, 1.807) is 6.07 Å². The van der Waals surface area contributed by atoms with Crippen molar-refractivity contribution >= 4 is 17.2 Å². The molecule has 2 fully saturated rings. The second kappa shape index (κ2) is 7.12. The Morgan fingerprint density at radius 1 is 1.24 bits per heavy atom. The van der Waals surface area contributed by atoms with Crippen molar-refractivity contribution in [3.63, 3.8) is 0 Å². The number of hydrogen-bond donors (Lipinski definition) is 0. The van der Waals surface area contributed by atoms with Crippen molar-refractivity contribution in [3.05, 3.63) is 46.3 Å². The van der Waals surface area contributed by atoms with E-state index in [-0.39, 0.29) is 5.60 Å². The van der Waals surface area contributed by atoms with E-state index in [1.165, 1.54) is 4.88 Å². The van der Waals surface area contributed by atoms with Crippen LogP contribution >= 0.6 is 11.3 Å². The molecule has 0 N–H and O–H groups in total. The number of thiophene rings is 1. The molecule has 1 unspecified atom stereocenters. The smallest absolute Gasteiger partial charge is 0.142 e. The number of morpholine rings is 1. The van der Waals surface area contributed by atoms with Gasteiger partial charge in [0, 0.05) is 37.6 Å². The van der Waals surface area contributed by atoms with E-state index in [9.17, 15) is 0 Å². The Morgan fingerprint density at radius 2 is 2.20 bits per heavy atom. The maximum absolute atomic E-state index is 9.10. The summed E-state index contributed by atoms with van der Waals surface area (Å²) >= 11 is 1.82. The zero-order chi connectivity index (χ0) is 17.1. The van der Waals surface area contributed by atoms with E-state index in [1.807, 2.05) is 23.5 Å². The van der Waals surface area contributed by atoms with E-state index in [4.69, 9.17) is 10.00 Å². The third-order valence-corrected chi connectivity index (χ3v) is 5.86. The van der Waals surface area contributed by atoms with Crippen LogP contribution in [0.4, 0.5) is 5.82 Å². The quantitative estimate of drug-likeness (QED) is 0.848. The van der Waals surface area contributed by atoms with E-state index in [0.717, 1.165) is 58.0 Å². The number of hydrogen-bond acceptors (Lipinski definition) is 6. The second-order valence-corrected chi connectivity index (χ2v) is 7.87. The largest absolute Gasteiger partial charge is 0.370 e. The van der Waals surface area contributed by atoms with Crippen LogP contribution in [0.2, 0.25) is 0 Å². The molecule has 2 aliphatic rings. The first-order chi connectivity index (χ1) is 12.3. The van der Waals surface area contributed by atoms with Gasteiger partial charge in [0.1, 0.15) is 17.6 Å². The number of nitrogens with zero attached hydrogens (tertiary/aromatic N) is 4. The number of anilines is 1. The molecule has 6 heteroatoms. The Kier molecular flexibility index (Phi) is 4.71. The van der Waals surface area contributed by atoms with Crippen molar-refractivity contribution in [2.45, 2.75) is 25.0 Å². The fourth-order valence-electron chi connectivity index (χ4n) is 3.88. The third-order valence-electron chi connectivity index (χ3n) is 5.00. The molecule has 0 aromatic carbocycles. The number of piperidine rings is 1. The number of pyridine rings is 1. The Bertz CT molecular complexity index is 753. The monoisotopic (exact) mass is 354 g/mol. The van der Waals surface area contributed by atoms with Crippen LogP contribution in [0.15, 0.2) is 35.7 Å². The Labute approximate surface area is 152 Å². The first-order valence-corrected chi connectivity index (χ1v) is 9.65. The number of aromatic nitrogens is 1. The van der Waals surface area contributed by atoms with Crippen molar-refractivity contribution in [1.29, 1.82) is 5.26 Å². The summed E-state index contributed by atoms with van der Waals surface area (Å²) in [6.07, 6.45) is 2.17. The Morgan fingerprint density at radius 3 is 3.04 bits per heavy atom. The highest BCUT2D eigenvalue weighted by molar-refractivity contribution is 7.09. The van der Waals surface area contributed by atoms with E-state index < -0.39 is 0 Å². The maximum atomic E-state index is 9.10. The van der Waals surface area contributed by atoms with E-state index in [2.05, 4.69) is 38.4 Å². The standard InChI is InChI=1S/C19H22N4OS/c20-12-16-4-1-6-18(21-16)23-8-3-7-19(15-23)14-22(9-10-24-19)13-17-5-2-11-25-17/h1-2,4-6,11H,3,7-10,13-15H2. The average molecular weight is 354 g/mol. The molecule has 0 saturated carbocycles. The molecule has 2 aliphatic heterocycles. The van der Waals surface area contributed by atoms with Gasteiger partial charge in [-0.3, -0.25) is 4.90 Å². The van der Waals surface area contributed by atoms with Gasteiger partial charge in [0.05, 0.1) is 12.2 Å². The highest BCUT2D eigenvalue weighted by Gasteiger charge is 2.40. The predicted molar refractivity (Wildman–Crippen MR) is 98.7 cm³/mol. The van der Waals surface area contributed by atoms with Crippen LogP contribution < -0.4 is 4.90 Å². The fourth-order valence-corrected chi connectivity index (χ4v) is 4.63. The molecule has 1 spiro atoms. The molecule has 0 amide bonds. The first kappa shape index (κ1) is 16.5. The van der Waals surface area contributed by atoms with Gasteiger partial charge in [-0.05, 0) is 36.4 Å². The van der Waals surface area contributed by atoms with Crippen molar-refractivity contribution in [3.8, 4) is 6.07 Å². The lowest BCUT2D eigenvalue weighted by atomic mass is 9.90. The van der Waals surface area contributed by atoms with Crippen LogP contribution in [0, 0.1) is 11.3 Å². The van der Waals surface area contributed by atoms with Gasteiger partial charge in [0.15, 0.2) is 0 Å². The summed E-state index contributed by atoms with van der Waals surface area (Å²) in [7, 11) is 0. The SMILES string of the molecule is N#Cc1cccc(N2CCCC3(CN(Cc4cccs4)CCO3)C2)n1. The molecule has 130 valence electrons. The molecule has 25 heavy (non-hydrogen) atoms. The molecular weight excluding hydrogens is 332 g/mol. The molecule has 0 radical (unpaired) electrons. The minimum atomic E-state index is -0.127. The van der Waals surface area contributed by atoms with Gasteiger partial charge in [0.2, 0.25) is 0 Å². The predicted octanol–water partition coefficient (Wildman–Crippen LogP) is 2.89. The lowest BCUT2D eigenvalue weighted by Gasteiger charge is -2.48. The molecular formula is C19H22N4OS. The lowest BCUT2D eigenvalue weighted by Crippen LogP contribution is -2.59. The van der Waals surface area contributed by atoms with Gasteiger partial charge < -0.3 is 9.64 Å². The van der Waals surface area contributed by atoms with Gasteiger partial charge in [0.25, 0.3) is 0 Å². The highest BCUT2D eigenvalue weighted by atomic mass is 32.1. The molecule has 2 aromatic heterocycles. The van der Waals surface area contributed by atoms with Crippen LogP contribution in [0.3, 0.4) is 0 Å². The molecule has 5 nitrogen and oxygen atoms in total. The van der Waals surface area contributed by atoms with E-state index in [0.29, 0.717) is 5.69 Å². The van der Waals surface area contributed by atoms with Crippen molar-refractivity contribution < 1.29 is 4.74 Å². The molecule has 4 rings (SSSR count). The zero-order valence-corrected chi connectivity index (χ0v) is 15.0. The van der Waals surface area contributed by atoms with Gasteiger partial charge >= 0.3 is 0 Å². The van der Waals surface area contributed by atoms with Gasteiger partial charge in [-0.1, -0.05) is 12.1 Å². The summed E-state index contributed by atoms with van der Waals surface area (Å²) < 4.78 is 6.29. The van der Waals surface area contributed by atoms with Crippen LogP contribution in [0.25, 0.3) is 0 Å². The molecule has 2 aromatic rings. The summed E-state index contributed by atoms with van der Waals surface area (Å²) in [5.74, 6) is 0.886. The summed E-state index contributed by atoms with van der Waals surface area (Å²) in [5, 5.41) is 11.2. The average Bonchev–Trinajstić information content (AvgIpc) is 3.15. The molecule has 4 heterocycles. The van der Waals surface area contributed by atoms with E-state index >= 15 is 0 Å². The number of nitriles is 1. The summed E-state index contributed by atoms with van der Waals surface area (Å²) in [6, 6.07) is 12.1. The first-order valence-electron chi connectivity index (χ1n) is 8.77. The van der Waals surface area contributed by atoms with Crippen LogP contribution in [0.5, 0.6) is 0 Å². The van der Waals surface area contributed by atoms with Crippen molar-refractivity contribution in [2.75, 3.05) is 37.7 Å². The molecule has 0 bridgehead atoms. The summed E-state index contributed by atoms with van der Waals surface area (Å²) in [6.45, 7) is 5.55. The Balaban J connectivity index is 1.48. The minimum Gasteiger partial charge on any atom is -0.370 e. The number of rotatable bonds is 3. The van der Waals surface area contributed by atoms with Gasteiger partial charge in [-0.2, -0.15) is 5.26 Å². The number of ether oxygens (including phenoxy) is 1. The van der Waals surface area contributed by atoms with Crippen molar-refractivity contribution in [2.24, 2.45) is 0 Å². The fraction of sp³-hybridized carbons (Fsp3) is 0.474. The maximum Gasteiger partial charge on any atom is 0.142 e. The third kappa shape index (κ3) is 3.69. The zero-order valence-electron chi connectivity index (χ0n) is 14.2. The van der Waals surface area contributed by atoms with Crippen LogP contribution in [0.1, 0.15) is 23.4 Å². The molecule has 0 aliphatic carbocycles. The second-order valence-electron chi connectivity index (χ2n) is 6.84. The normalized spacial score (nSPS) is 24.4. The van der Waals surface area contributed by atoms with Crippen LogP contribution in [-0.2, 0) is 11.3 Å². The van der Waals surface area contributed by atoms with Gasteiger partial charge in [-0.15, -0.1) is 11.3 Å². The molecule has 2 saturated heterocycles. The minimum absolute atomic E-state index is 0.127. The summed E-state index contributed by atoms with van der Waals surface area (Å²) in [5.41, 5.74) is 0.346. The summed E-state index contributed by atoms with van der Waals surface area (Å²) in [4.78, 5) is 10.7.